The summed E-state index contributed by atoms with van der Waals surface area (Å²) in [5.74, 6) is -0.263. The second-order valence-corrected chi connectivity index (χ2v) is 3.83. The van der Waals surface area contributed by atoms with E-state index in [0.29, 0.717) is 12.8 Å². The lowest BCUT2D eigenvalue weighted by Gasteiger charge is -2.29. The zero-order chi connectivity index (χ0) is 8.48. The van der Waals surface area contributed by atoms with Crippen molar-refractivity contribution in [1.29, 1.82) is 0 Å². The van der Waals surface area contributed by atoms with Crippen LogP contribution in [0.15, 0.2) is 0 Å². The van der Waals surface area contributed by atoms with Crippen LogP contribution in [-0.4, -0.2) is 16.2 Å². The normalized spacial score (nSPS) is 31.8. The van der Waals surface area contributed by atoms with E-state index in [1.807, 2.05) is 6.92 Å². The minimum atomic E-state index is -0.325. The zero-order valence-corrected chi connectivity index (χ0v) is 8.47. The number of amides is 2. The van der Waals surface area contributed by atoms with Gasteiger partial charge in [-0.1, -0.05) is 22.6 Å². The molecule has 0 aromatic heterocycles. The first kappa shape index (κ1) is 8.96. The van der Waals surface area contributed by atoms with E-state index in [2.05, 4.69) is 27.9 Å². The van der Waals surface area contributed by atoms with Crippen molar-refractivity contribution in [2.45, 2.75) is 19.8 Å². The average molecular weight is 267 g/mol. The number of halogens is 1. The molecule has 4 heteroatoms. The van der Waals surface area contributed by atoms with Crippen LogP contribution in [0.25, 0.3) is 0 Å². The van der Waals surface area contributed by atoms with Crippen LogP contribution in [0.5, 0.6) is 0 Å². The van der Waals surface area contributed by atoms with E-state index in [9.17, 15) is 9.59 Å². The predicted octanol–water partition coefficient (Wildman–Crippen LogP) is 0.864. The van der Waals surface area contributed by atoms with Crippen LogP contribution in [0.1, 0.15) is 19.8 Å². The number of piperidine rings is 1. The standard InChI is InChI=1S/C7H10INO2/c1-7(4-8)3-2-5(10)9-6(7)11/h2-4H2,1H3,(H,9,10,11). The molecule has 0 saturated carbocycles. The molecule has 11 heavy (non-hydrogen) atoms. The Morgan fingerprint density at radius 2 is 2.27 bits per heavy atom. The molecule has 1 aliphatic heterocycles. The Labute approximate surface area is 79.1 Å². The fourth-order valence-corrected chi connectivity index (χ4v) is 1.70. The van der Waals surface area contributed by atoms with Crippen LogP contribution in [-0.2, 0) is 9.59 Å². The maximum Gasteiger partial charge on any atom is 0.233 e. The van der Waals surface area contributed by atoms with Crippen molar-refractivity contribution in [3.8, 4) is 0 Å². The maximum atomic E-state index is 11.2. The molecule has 2 amide bonds. The largest absolute Gasteiger partial charge is 0.296 e. The van der Waals surface area contributed by atoms with E-state index < -0.39 is 0 Å². The fraction of sp³-hybridized carbons (Fsp3) is 0.714. The van der Waals surface area contributed by atoms with Gasteiger partial charge in [-0.15, -0.1) is 0 Å². The van der Waals surface area contributed by atoms with Crippen molar-refractivity contribution in [3.63, 3.8) is 0 Å². The molecule has 0 aromatic rings. The number of imide groups is 1. The quantitative estimate of drug-likeness (QED) is 0.435. The molecule has 62 valence electrons. The summed E-state index contributed by atoms with van der Waals surface area (Å²) in [4.78, 5) is 22.0. The van der Waals surface area contributed by atoms with Crippen LogP contribution < -0.4 is 5.32 Å². The van der Waals surface area contributed by atoms with Gasteiger partial charge in [-0.25, -0.2) is 0 Å². The lowest BCUT2D eigenvalue weighted by Crippen LogP contribution is -2.48. The molecule has 0 spiro atoms. The molecule has 1 rings (SSSR count). The number of carbonyl (C=O) groups is 2. The second-order valence-electron chi connectivity index (χ2n) is 3.07. The number of rotatable bonds is 1. The van der Waals surface area contributed by atoms with E-state index >= 15 is 0 Å². The minimum Gasteiger partial charge on any atom is -0.296 e. The highest BCUT2D eigenvalue weighted by atomic mass is 127. The number of hydrogen-bond donors (Lipinski definition) is 1. The molecule has 3 nitrogen and oxygen atoms in total. The van der Waals surface area contributed by atoms with Gasteiger partial charge < -0.3 is 0 Å². The summed E-state index contributed by atoms with van der Waals surface area (Å²) in [6.07, 6.45) is 1.16. The van der Waals surface area contributed by atoms with E-state index in [-0.39, 0.29) is 17.2 Å². The average Bonchev–Trinajstić information content (AvgIpc) is 1.98. The second kappa shape index (κ2) is 3.08. The number of hydrogen-bond acceptors (Lipinski definition) is 2. The molecule has 1 saturated heterocycles. The molecular formula is C7H10INO2. The summed E-state index contributed by atoms with van der Waals surface area (Å²) in [5.41, 5.74) is -0.325. The van der Waals surface area contributed by atoms with Gasteiger partial charge in [0, 0.05) is 10.8 Å². The molecule has 0 radical (unpaired) electrons. The number of alkyl halides is 1. The summed E-state index contributed by atoms with van der Waals surface area (Å²) in [6, 6.07) is 0. The zero-order valence-electron chi connectivity index (χ0n) is 6.32. The van der Waals surface area contributed by atoms with E-state index in [1.165, 1.54) is 0 Å². The summed E-state index contributed by atoms with van der Waals surface area (Å²) >= 11 is 2.17. The third-order valence-corrected chi connectivity index (χ3v) is 3.68. The topological polar surface area (TPSA) is 46.2 Å². The summed E-state index contributed by atoms with van der Waals surface area (Å²) in [6.45, 7) is 1.89. The van der Waals surface area contributed by atoms with Crippen molar-refractivity contribution in [2.75, 3.05) is 4.43 Å². The summed E-state index contributed by atoms with van der Waals surface area (Å²) < 4.78 is 0.768. The van der Waals surface area contributed by atoms with Gasteiger partial charge in [0.25, 0.3) is 0 Å². The summed E-state index contributed by atoms with van der Waals surface area (Å²) in [5, 5.41) is 2.34. The maximum absolute atomic E-state index is 11.2. The molecule has 1 aliphatic rings. The Morgan fingerprint density at radius 1 is 1.64 bits per heavy atom. The van der Waals surface area contributed by atoms with Gasteiger partial charge in [-0.05, 0) is 13.3 Å². The van der Waals surface area contributed by atoms with Gasteiger partial charge >= 0.3 is 0 Å². The smallest absolute Gasteiger partial charge is 0.233 e. The lowest BCUT2D eigenvalue weighted by atomic mass is 9.84. The van der Waals surface area contributed by atoms with E-state index in [4.69, 9.17) is 0 Å². The van der Waals surface area contributed by atoms with Crippen LogP contribution in [0.4, 0.5) is 0 Å². The molecule has 1 fully saturated rings. The van der Waals surface area contributed by atoms with E-state index in [1.54, 1.807) is 0 Å². The van der Waals surface area contributed by atoms with Gasteiger partial charge in [0.1, 0.15) is 0 Å². The van der Waals surface area contributed by atoms with Crippen LogP contribution in [0.3, 0.4) is 0 Å². The van der Waals surface area contributed by atoms with Gasteiger partial charge in [-0.2, -0.15) is 0 Å². The van der Waals surface area contributed by atoms with Gasteiger partial charge in [-0.3, -0.25) is 14.9 Å². The van der Waals surface area contributed by atoms with Gasteiger partial charge in [0.05, 0.1) is 5.41 Å². The first-order valence-corrected chi connectivity index (χ1v) is 5.01. The Bertz CT molecular complexity index is 205. The van der Waals surface area contributed by atoms with Crippen LogP contribution >= 0.6 is 22.6 Å². The molecule has 1 atom stereocenters. The lowest BCUT2D eigenvalue weighted by molar-refractivity contribution is -0.139. The highest BCUT2D eigenvalue weighted by molar-refractivity contribution is 14.1. The fourth-order valence-electron chi connectivity index (χ4n) is 0.970. The molecule has 0 aromatic carbocycles. The SMILES string of the molecule is CC1(CI)CCC(=O)NC1=O. The van der Waals surface area contributed by atoms with Crippen molar-refractivity contribution >= 4 is 34.4 Å². The first-order chi connectivity index (χ1) is 5.08. The van der Waals surface area contributed by atoms with Crippen LogP contribution in [0.2, 0.25) is 0 Å². The highest BCUT2D eigenvalue weighted by Crippen LogP contribution is 2.28. The molecule has 1 heterocycles. The third kappa shape index (κ3) is 1.72. The molecule has 0 bridgehead atoms. The molecule has 1 unspecified atom stereocenters. The molecular weight excluding hydrogens is 257 g/mol. The van der Waals surface area contributed by atoms with Crippen LogP contribution in [0, 0.1) is 5.41 Å². The number of carbonyl (C=O) groups excluding carboxylic acids is 2. The summed E-state index contributed by atoms with van der Waals surface area (Å²) in [7, 11) is 0. The van der Waals surface area contributed by atoms with Gasteiger partial charge in [0.2, 0.25) is 11.8 Å². The molecule has 1 N–H and O–H groups in total. The van der Waals surface area contributed by atoms with Crippen molar-refractivity contribution < 1.29 is 9.59 Å². The van der Waals surface area contributed by atoms with Crippen molar-refractivity contribution in [1.82, 2.24) is 5.32 Å². The Morgan fingerprint density at radius 3 is 2.73 bits per heavy atom. The Balaban J connectivity index is 2.71. The molecule has 0 aliphatic carbocycles. The van der Waals surface area contributed by atoms with E-state index in [0.717, 1.165) is 4.43 Å². The Kier molecular flexibility index (Phi) is 2.51. The Hall–Kier alpha value is -0.130. The van der Waals surface area contributed by atoms with Gasteiger partial charge in [0.15, 0.2) is 0 Å². The first-order valence-electron chi connectivity index (χ1n) is 3.49. The van der Waals surface area contributed by atoms with Crippen molar-refractivity contribution in [2.24, 2.45) is 5.41 Å². The predicted molar refractivity (Wildman–Crippen MR) is 49.4 cm³/mol. The number of nitrogens with one attached hydrogen (secondary N) is 1. The highest BCUT2D eigenvalue weighted by Gasteiger charge is 2.37. The minimum absolute atomic E-state index is 0.122. The third-order valence-electron chi connectivity index (χ3n) is 2.00. The monoisotopic (exact) mass is 267 g/mol. The van der Waals surface area contributed by atoms with Crippen molar-refractivity contribution in [3.05, 3.63) is 0 Å².